The van der Waals surface area contributed by atoms with Crippen molar-refractivity contribution in [1.82, 2.24) is 30.2 Å². The zero-order valence-corrected chi connectivity index (χ0v) is 28.5. The van der Waals surface area contributed by atoms with Crippen LogP contribution in [0.15, 0.2) is 0 Å². The molecule has 248 valence electrons. The molecule has 0 spiro atoms. The van der Waals surface area contributed by atoms with E-state index < -0.39 is 0 Å². The average Bonchev–Trinajstić information content (AvgIpc) is 3.73. The summed E-state index contributed by atoms with van der Waals surface area (Å²) in [7, 11) is 6.31. The number of carbonyl (C=O) groups is 2. The quantitative estimate of drug-likeness (QED) is 0.351. The lowest BCUT2D eigenvalue weighted by atomic mass is 9.85. The Morgan fingerprint density at radius 2 is 1.60 bits per heavy atom. The predicted molar refractivity (Wildman–Crippen MR) is 171 cm³/mol. The number of nitrogens with one attached hydrogen (secondary N) is 2. The number of hydrogen-bond acceptors (Lipinski definition) is 8. The van der Waals surface area contributed by atoms with Crippen LogP contribution in [-0.2, 0) is 14.3 Å². The fourth-order valence-electron chi connectivity index (χ4n) is 7.36. The number of rotatable bonds is 12. The molecule has 0 radical (unpaired) electrons. The molecule has 4 unspecified atom stereocenters. The second-order valence-electron chi connectivity index (χ2n) is 15.3. The number of likely N-dealkylation sites (N-methyl/N-ethyl adjacent to an activating group) is 1. The minimum atomic E-state index is -0.285. The molecule has 1 saturated carbocycles. The van der Waals surface area contributed by atoms with Crippen molar-refractivity contribution in [1.29, 1.82) is 0 Å². The molecule has 0 aromatic heterocycles. The van der Waals surface area contributed by atoms with E-state index in [2.05, 4.69) is 79.1 Å². The topological polar surface area (TPSA) is 89.6 Å². The maximum absolute atomic E-state index is 13.2. The molecule has 3 heterocycles. The molecule has 2 N–H and O–H groups in total. The van der Waals surface area contributed by atoms with Crippen molar-refractivity contribution in [2.45, 2.75) is 89.9 Å². The Bertz CT molecular complexity index is 913. The highest BCUT2D eigenvalue weighted by molar-refractivity contribution is 5.79. The van der Waals surface area contributed by atoms with Gasteiger partial charge >= 0.3 is 6.09 Å². The van der Waals surface area contributed by atoms with Gasteiger partial charge in [-0.05, 0) is 84.8 Å². The molecule has 0 aromatic carbocycles. The van der Waals surface area contributed by atoms with Crippen molar-refractivity contribution in [3.05, 3.63) is 0 Å². The SMILES string of the molecule is CC(C)C(C)C(=O)NC1(CN2CCOC(C3CC3COC(=O)NC3(CN(C)C)CCN(C(C)C)CC3)C2)CCN(C)CC1. The third-order valence-corrected chi connectivity index (χ3v) is 10.8. The van der Waals surface area contributed by atoms with Crippen LogP contribution in [0.1, 0.15) is 66.7 Å². The Morgan fingerprint density at radius 1 is 0.953 bits per heavy atom. The molecule has 0 aromatic rings. The van der Waals surface area contributed by atoms with E-state index in [9.17, 15) is 9.59 Å². The van der Waals surface area contributed by atoms with Crippen LogP contribution in [0.2, 0.25) is 0 Å². The number of piperidine rings is 2. The summed E-state index contributed by atoms with van der Waals surface area (Å²) in [6, 6.07) is 0.524. The van der Waals surface area contributed by atoms with Crippen molar-refractivity contribution in [2.24, 2.45) is 23.7 Å². The third-order valence-electron chi connectivity index (χ3n) is 10.8. The number of alkyl carbamates (subject to hydrolysis) is 1. The number of carbonyl (C=O) groups excluding carboxylic acids is 2. The van der Waals surface area contributed by atoms with E-state index in [-0.39, 0.29) is 35.1 Å². The zero-order valence-electron chi connectivity index (χ0n) is 28.5. The van der Waals surface area contributed by atoms with Gasteiger partial charge in [-0.3, -0.25) is 9.69 Å². The normalized spacial score (nSPS) is 29.0. The number of likely N-dealkylation sites (tertiary alicyclic amines) is 2. The van der Waals surface area contributed by atoms with E-state index >= 15 is 0 Å². The Balaban J connectivity index is 1.26. The maximum atomic E-state index is 13.2. The Hall–Kier alpha value is -1.46. The first-order valence-electron chi connectivity index (χ1n) is 17.0. The monoisotopic (exact) mass is 606 g/mol. The standard InChI is InChI=1S/C33H62N6O4/c1-24(2)26(5)30(40)34-33(9-13-37(8)14-10-33)23-38-17-18-42-29(20-38)28-19-27(28)21-43-31(41)35-32(22-36(6)7)11-15-39(16-12-32)25(3)4/h24-29H,9-23H2,1-8H3,(H,34,40)(H,35,41). The third kappa shape index (κ3) is 9.52. The van der Waals surface area contributed by atoms with Crippen molar-refractivity contribution in [3.63, 3.8) is 0 Å². The van der Waals surface area contributed by atoms with Crippen LogP contribution >= 0.6 is 0 Å². The summed E-state index contributed by atoms with van der Waals surface area (Å²) in [6.45, 7) is 19.4. The lowest BCUT2D eigenvalue weighted by Crippen LogP contribution is -2.62. The average molecular weight is 607 g/mol. The van der Waals surface area contributed by atoms with Crippen molar-refractivity contribution in [2.75, 3.05) is 86.7 Å². The maximum Gasteiger partial charge on any atom is 0.407 e. The van der Waals surface area contributed by atoms with Gasteiger partial charge in [-0.1, -0.05) is 20.8 Å². The van der Waals surface area contributed by atoms with Gasteiger partial charge in [0.25, 0.3) is 0 Å². The summed E-state index contributed by atoms with van der Waals surface area (Å²) in [5.41, 5.74) is -0.430. The van der Waals surface area contributed by atoms with E-state index in [1.54, 1.807) is 0 Å². The first-order chi connectivity index (χ1) is 20.3. The largest absolute Gasteiger partial charge is 0.449 e. The highest BCUT2D eigenvalue weighted by Crippen LogP contribution is 2.44. The number of ether oxygens (including phenoxy) is 2. The molecule has 4 rings (SSSR count). The molecular weight excluding hydrogens is 544 g/mol. The fraction of sp³-hybridized carbons (Fsp3) is 0.939. The van der Waals surface area contributed by atoms with E-state index in [1.807, 2.05) is 6.92 Å². The van der Waals surface area contributed by atoms with Crippen LogP contribution in [0.4, 0.5) is 4.79 Å². The van der Waals surface area contributed by atoms with E-state index in [1.165, 1.54) is 0 Å². The molecule has 43 heavy (non-hydrogen) atoms. The minimum absolute atomic E-state index is 0.00370. The van der Waals surface area contributed by atoms with Crippen LogP contribution in [0.3, 0.4) is 0 Å². The van der Waals surface area contributed by atoms with Gasteiger partial charge in [-0.25, -0.2) is 4.79 Å². The smallest absolute Gasteiger partial charge is 0.407 e. The van der Waals surface area contributed by atoms with Crippen molar-refractivity contribution >= 4 is 12.0 Å². The van der Waals surface area contributed by atoms with Crippen LogP contribution in [0.5, 0.6) is 0 Å². The predicted octanol–water partition coefficient (Wildman–Crippen LogP) is 2.73. The van der Waals surface area contributed by atoms with E-state index in [0.717, 1.165) is 84.5 Å². The summed E-state index contributed by atoms with van der Waals surface area (Å²) in [4.78, 5) is 35.7. The number of morpholine rings is 1. The lowest BCUT2D eigenvalue weighted by molar-refractivity contribution is -0.129. The zero-order chi connectivity index (χ0) is 31.4. The molecule has 3 aliphatic heterocycles. The Morgan fingerprint density at radius 3 is 2.21 bits per heavy atom. The van der Waals surface area contributed by atoms with Gasteiger partial charge in [0.2, 0.25) is 5.91 Å². The lowest BCUT2D eigenvalue weighted by Gasteiger charge is -2.46. The number of amides is 2. The van der Waals surface area contributed by atoms with Crippen molar-refractivity contribution < 1.29 is 19.1 Å². The van der Waals surface area contributed by atoms with E-state index in [0.29, 0.717) is 37.0 Å². The van der Waals surface area contributed by atoms with Gasteiger partial charge < -0.3 is 34.8 Å². The molecule has 4 atom stereocenters. The molecule has 10 heteroatoms. The summed E-state index contributed by atoms with van der Waals surface area (Å²) >= 11 is 0. The summed E-state index contributed by atoms with van der Waals surface area (Å²) < 4.78 is 12.1. The van der Waals surface area contributed by atoms with Gasteiger partial charge in [0.1, 0.15) is 0 Å². The molecule has 3 saturated heterocycles. The van der Waals surface area contributed by atoms with Gasteiger partial charge in [0.15, 0.2) is 0 Å². The molecular formula is C33H62N6O4. The first-order valence-corrected chi connectivity index (χ1v) is 17.0. The Labute approximate surface area is 261 Å². The van der Waals surface area contributed by atoms with Crippen LogP contribution < -0.4 is 10.6 Å². The van der Waals surface area contributed by atoms with Crippen LogP contribution in [-0.4, -0.2) is 142 Å². The second kappa shape index (κ2) is 14.8. The molecule has 2 amide bonds. The highest BCUT2D eigenvalue weighted by atomic mass is 16.5. The molecule has 4 fully saturated rings. The second-order valence-corrected chi connectivity index (χ2v) is 15.3. The van der Waals surface area contributed by atoms with Crippen LogP contribution in [0, 0.1) is 23.7 Å². The summed E-state index contributed by atoms with van der Waals surface area (Å²) in [6.07, 6.45) is 4.72. The van der Waals surface area contributed by atoms with Gasteiger partial charge in [-0.15, -0.1) is 0 Å². The number of hydrogen-bond donors (Lipinski definition) is 2. The van der Waals surface area contributed by atoms with Crippen molar-refractivity contribution in [3.8, 4) is 0 Å². The summed E-state index contributed by atoms with van der Waals surface area (Å²) in [5.74, 6) is 1.28. The fourth-order valence-corrected chi connectivity index (χ4v) is 7.36. The van der Waals surface area contributed by atoms with E-state index in [4.69, 9.17) is 9.47 Å². The number of nitrogens with zero attached hydrogens (tertiary/aromatic N) is 4. The molecule has 1 aliphatic carbocycles. The first kappa shape index (κ1) is 34.4. The molecule has 10 nitrogen and oxygen atoms in total. The molecule has 0 bridgehead atoms. The molecule has 4 aliphatic rings. The Kier molecular flexibility index (Phi) is 11.8. The summed E-state index contributed by atoms with van der Waals surface area (Å²) in [5, 5.41) is 6.80. The van der Waals surface area contributed by atoms with Gasteiger partial charge in [0, 0.05) is 64.3 Å². The highest BCUT2D eigenvalue weighted by Gasteiger charge is 2.47. The van der Waals surface area contributed by atoms with Gasteiger partial charge in [-0.2, -0.15) is 0 Å². The minimum Gasteiger partial charge on any atom is -0.449 e. The van der Waals surface area contributed by atoms with Gasteiger partial charge in [0.05, 0.1) is 30.4 Å². The van der Waals surface area contributed by atoms with Crippen LogP contribution in [0.25, 0.3) is 0 Å².